The minimum Gasteiger partial charge on any atom is -0.479 e. The van der Waals surface area contributed by atoms with E-state index in [1.165, 1.54) is 4.90 Å². The van der Waals surface area contributed by atoms with Gasteiger partial charge in [-0.3, -0.25) is 4.79 Å². The van der Waals surface area contributed by atoms with Crippen molar-refractivity contribution in [2.75, 3.05) is 6.54 Å². The molecule has 0 radical (unpaired) electrons. The summed E-state index contributed by atoms with van der Waals surface area (Å²) in [6.45, 7) is 5.71. The van der Waals surface area contributed by atoms with Crippen molar-refractivity contribution in [2.45, 2.75) is 51.6 Å². The van der Waals surface area contributed by atoms with Gasteiger partial charge in [0, 0.05) is 6.54 Å². The largest absolute Gasteiger partial charge is 0.479 e. The van der Waals surface area contributed by atoms with Crippen molar-refractivity contribution in [3.63, 3.8) is 0 Å². The molecule has 1 saturated heterocycles. The first-order valence-electron chi connectivity index (χ1n) is 6.87. The Balaban J connectivity index is 3.04. The standard InChI is InChI=1S/C13H23N3O4/c1-4-13(11(18)19)6-5-7-16(13)10(17)9(8(2)3)15-12(14)20/h8-9H,4-7H2,1-3H3,(H,18,19)(H3,14,15,20). The number of carbonyl (C=O) groups excluding carboxylic acids is 2. The Kier molecular flexibility index (Phi) is 4.97. The third kappa shape index (κ3) is 2.86. The molecule has 114 valence electrons. The molecular formula is C13H23N3O4. The maximum Gasteiger partial charge on any atom is 0.329 e. The van der Waals surface area contributed by atoms with Crippen LogP contribution in [0.1, 0.15) is 40.0 Å². The summed E-state index contributed by atoms with van der Waals surface area (Å²) < 4.78 is 0. The van der Waals surface area contributed by atoms with E-state index in [0.717, 1.165) is 0 Å². The number of rotatable bonds is 5. The van der Waals surface area contributed by atoms with Crippen LogP contribution in [0.3, 0.4) is 0 Å². The van der Waals surface area contributed by atoms with Gasteiger partial charge in [-0.25, -0.2) is 9.59 Å². The maximum absolute atomic E-state index is 12.6. The Morgan fingerprint density at radius 2 is 2.00 bits per heavy atom. The minimum absolute atomic E-state index is 0.168. The van der Waals surface area contributed by atoms with Gasteiger partial charge in [0.2, 0.25) is 5.91 Å². The molecule has 0 aromatic carbocycles. The predicted octanol–water partition coefficient (Wildman–Crippen LogP) is 0.535. The summed E-state index contributed by atoms with van der Waals surface area (Å²) in [4.78, 5) is 36.6. The van der Waals surface area contributed by atoms with Gasteiger partial charge in [0.15, 0.2) is 0 Å². The fourth-order valence-electron chi connectivity index (χ4n) is 2.78. The zero-order valence-electron chi connectivity index (χ0n) is 12.2. The Labute approximate surface area is 118 Å². The summed E-state index contributed by atoms with van der Waals surface area (Å²) in [6, 6.07) is -1.58. The second-order valence-corrected chi connectivity index (χ2v) is 5.51. The van der Waals surface area contributed by atoms with Crippen LogP contribution in [0, 0.1) is 5.92 Å². The fraction of sp³-hybridized carbons (Fsp3) is 0.769. The van der Waals surface area contributed by atoms with Crippen LogP contribution in [0.4, 0.5) is 4.79 Å². The van der Waals surface area contributed by atoms with E-state index in [2.05, 4.69) is 5.32 Å². The van der Waals surface area contributed by atoms with Gasteiger partial charge in [-0.2, -0.15) is 0 Å². The van der Waals surface area contributed by atoms with E-state index in [1.54, 1.807) is 20.8 Å². The zero-order chi connectivity index (χ0) is 15.5. The highest BCUT2D eigenvalue weighted by molar-refractivity contribution is 5.92. The normalized spacial score (nSPS) is 23.7. The first-order chi connectivity index (χ1) is 9.26. The summed E-state index contributed by atoms with van der Waals surface area (Å²) in [5, 5.41) is 11.9. The SMILES string of the molecule is CCC1(C(=O)O)CCCN1C(=O)C(NC(N)=O)C(C)C. The van der Waals surface area contributed by atoms with Gasteiger partial charge in [0.25, 0.3) is 0 Å². The smallest absolute Gasteiger partial charge is 0.329 e. The summed E-state index contributed by atoms with van der Waals surface area (Å²) in [7, 11) is 0. The lowest BCUT2D eigenvalue weighted by atomic mass is 9.91. The molecule has 1 rings (SSSR count). The lowest BCUT2D eigenvalue weighted by Crippen LogP contribution is -2.59. The molecule has 1 aliphatic rings. The third-order valence-electron chi connectivity index (χ3n) is 3.97. The number of carbonyl (C=O) groups is 3. The quantitative estimate of drug-likeness (QED) is 0.684. The maximum atomic E-state index is 12.6. The average Bonchev–Trinajstić information content (AvgIpc) is 2.79. The molecular weight excluding hydrogens is 262 g/mol. The molecule has 7 nitrogen and oxygen atoms in total. The van der Waals surface area contributed by atoms with Crippen LogP contribution in [0.25, 0.3) is 0 Å². The zero-order valence-corrected chi connectivity index (χ0v) is 12.2. The van der Waals surface area contributed by atoms with Gasteiger partial charge in [-0.1, -0.05) is 20.8 Å². The highest BCUT2D eigenvalue weighted by atomic mass is 16.4. The van der Waals surface area contributed by atoms with Gasteiger partial charge in [0.05, 0.1) is 0 Å². The number of hydrogen-bond donors (Lipinski definition) is 3. The number of hydrogen-bond acceptors (Lipinski definition) is 3. The van der Waals surface area contributed by atoms with Crippen LogP contribution >= 0.6 is 0 Å². The fourth-order valence-corrected chi connectivity index (χ4v) is 2.78. The van der Waals surface area contributed by atoms with Gasteiger partial charge < -0.3 is 21.1 Å². The summed E-state index contributed by atoms with van der Waals surface area (Å²) >= 11 is 0. The predicted molar refractivity (Wildman–Crippen MR) is 72.9 cm³/mol. The summed E-state index contributed by atoms with van der Waals surface area (Å²) in [5.41, 5.74) is 3.93. The van der Waals surface area contributed by atoms with Crippen molar-refractivity contribution in [2.24, 2.45) is 11.7 Å². The third-order valence-corrected chi connectivity index (χ3v) is 3.97. The summed E-state index contributed by atoms with van der Waals surface area (Å²) in [6.07, 6.45) is 1.43. The number of urea groups is 1. The van der Waals surface area contributed by atoms with E-state index in [0.29, 0.717) is 25.8 Å². The van der Waals surface area contributed by atoms with E-state index in [9.17, 15) is 19.5 Å². The molecule has 2 atom stereocenters. The highest BCUT2D eigenvalue weighted by Gasteiger charge is 2.50. The number of nitrogens with two attached hydrogens (primary N) is 1. The number of carboxylic acid groups (broad SMARTS) is 1. The molecule has 0 bridgehead atoms. The van der Waals surface area contributed by atoms with E-state index >= 15 is 0 Å². The Bertz CT molecular complexity index is 410. The van der Waals surface area contributed by atoms with Gasteiger partial charge in [0.1, 0.15) is 11.6 Å². The van der Waals surface area contributed by atoms with Crippen molar-refractivity contribution in [1.82, 2.24) is 10.2 Å². The average molecular weight is 285 g/mol. The number of primary amides is 1. The van der Waals surface area contributed by atoms with Crippen molar-refractivity contribution < 1.29 is 19.5 Å². The van der Waals surface area contributed by atoms with E-state index in [1.807, 2.05) is 0 Å². The number of carboxylic acids is 1. The molecule has 2 unspecified atom stereocenters. The minimum atomic E-state index is -1.16. The van der Waals surface area contributed by atoms with Crippen LogP contribution in [0.15, 0.2) is 0 Å². The van der Waals surface area contributed by atoms with Crippen LogP contribution in [0.5, 0.6) is 0 Å². The molecule has 0 aromatic rings. The molecule has 1 aliphatic heterocycles. The molecule has 7 heteroatoms. The van der Waals surface area contributed by atoms with Crippen molar-refractivity contribution in [3.05, 3.63) is 0 Å². The molecule has 0 aromatic heterocycles. The number of likely N-dealkylation sites (tertiary alicyclic amines) is 1. The van der Waals surface area contributed by atoms with Crippen LogP contribution in [0.2, 0.25) is 0 Å². The molecule has 1 heterocycles. The first-order valence-corrected chi connectivity index (χ1v) is 6.87. The molecule has 0 aliphatic carbocycles. The molecule has 20 heavy (non-hydrogen) atoms. The van der Waals surface area contributed by atoms with E-state index in [-0.39, 0.29) is 11.8 Å². The van der Waals surface area contributed by atoms with E-state index in [4.69, 9.17) is 5.73 Å². The number of nitrogens with one attached hydrogen (secondary N) is 1. The molecule has 4 N–H and O–H groups in total. The van der Waals surface area contributed by atoms with Crippen LogP contribution in [-0.4, -0.2) is 46.0 Å². The van der Waals surface area contributed by atoms with Crippen LogP contribution in [-0.2, 0) is 9.59 Å². The van der Waals surface area contributed by atoms with Gasteiger partial charge in [-0.15, -0.1) is 0 Å². The Hall–Kier alpha value is -1.79. The Morgan fingerprint density at radius 1 is 1.40 bits per heavy atom. The monoisotopic (exact) mass is 285 g/mol. The first kappa shape index (κ1) is 16.3. The molecule has 3 amide bonds. The van der Waals surface area contributed by atoms with Gasteiger partial charge in [-0.05, 0) is 25.2 Å². The topological polar surface area (TPSA) is 113 Å². The molecule has 0 saturated carbocycles. The summed E-state index contributed by atoms with van der Waals surface area (Å²) in [5.74, 6) is -1.54. The lowest BCUT2D eigenvalue weighted by molar-refractivity contribution is -0.158. The van der Waals surface area contributed by atoms with Crippen molar-refractivity contribution in [1.29, 1.82) is 0 Å². The second-order valence-electron chi connectivity index (χ2n) is 5.51. The number of nitrogens with zero attached hydrogens (tertiary/aromatic N) is 1. The van der Waals surface area contributed by atoms with Gasteiger partial charge >= 0.3 is 12.0 Å². The lowest BCUT2D eigenvalue weighted by Gasteiger charge is -2.37. The van der Waals surface area contributed by atoms with E-state index < -0.39 is 23.6 Å². The highest BCUT2D eigenvalue weighted by Crippen LogP contribution is 2.33. The molecule has 0 spiro atoms. The molecule has 1 fully saturated rings. The number of aliphatic carboxylic acids is 1. The number of amides is 3. The second kappa shape index (κ2) is 6.11. The van der Waals surface area contributed by atoms with Crippen LogP contribution < -0.4 is 11.1 Å². The van der Waals surface area contributed by atoms with Crippen molar-refractivity contribution >= 4 is 17.9 Å². The Morgan fingerprint density at radius 3 is 2.40 bits per heavy atom. The van der Waals surface area contributed by atoms with Crippen molar-refractivity contribution in [3.8, 4) is 0 Å².